The van der Waals surface area contributed by atoms with E-state index in [1.807, 2.05) is 0 Å². The lowest BCUT2D eigenvalue weighted by Gasteiger charge is -2.03. The Morgan fingerprint density at radius 3 is 2.77 bits per heavy atom. The molecule has 1 aromatic heterocycles. The third-order valence-corrected chi connectivity index (χ3v) is 1.61. The summed E-state index contributed by atoms with van der Waals surface area (Å²) in [5, 5.41) is 0. The predicted octanol–water partition coefficient (Wildman–Crippen LogP) is -0.694. The summed E-state index contributed by atoms with van der Waals surface area (Å²) in [5.74, 6) is -0.436. The van der Waals surface area contributed by atoms with Gasteiger partial charge in [-0.1, -0.05) is 0 Å². The van der Waals surface area contributed by atoms with Crippen LogP contribution in [0.15, 0.2) is 23.1 Å². The van der Waals surface area contributed by atoms with Crippen LogP contribution in [0.4, 0.5) is 5.69 Å². The van der Waals surface area contributed by atoms with Crippen molar-refractivity contribution in [2.75, 3.05) is 5.73 Å². The molecule has 0 radical (unpaired) electrons. The van der Waals surface area contributed by atoms with Gasteiger partial charge in [-0.25, -0.2) is 0 Å². The molecule has 0 bridgehead atoms. The minimum Gasteiger partial charge on any atom is -0.398 e. The monoisotopic (exact) mass is 181 g/mol. The minimum atomic E-state index is -0.436. The van der Waals surface area contributed by atoms with Crippen LogP contribution in [0, 0.1) is 0 Å². The number of amides is 1. The zero-order valence-corrected chi connectivity index (χ0v) is 7.06. The first-order valence-electron chi connectivity index (χ1n) is 3.84. The van der Waals surface area contributed by atoms with Crippen molar-refractivity contribution in [1.82, 2.24) is 4.57 Å². The second kappa shape index (κ2) is 3.75. The van der Waals surface area contributed by atoms with E-state index in [-0.39, 0.29) is 18.5 Å². The van der Waals surface area contributed by atoms with Gasteiger partial charge in [0.2, 0.25) is 5.91 Å². The van der Waals surface area contributed by atoms with Crippen LogP contribution in [0.1, 0.15) is 6.42 Å². The highest BCUT2D eigenvalue weighted by atomic mass is 16.1. The highest BCUT2D eigenvalue weighted by molar-refractivity contribution is 5.73. The molecular weight excluding hydrogens is 170 g/mol. The molecule has 13 heavy (non-hydrogen) atoms. The summed E-state index contributed by atoms with van der Waals surface area (Å²) in [6.45, 7) is 0.277. The number of aromatic nitrogens is 1. The molecule has 1 heterocycles. The fraction of sp³-hybridized carbons (Fsp3) is 0.250. The number of nitrogens with two attached hydrogens (primary N) is 2. The molecule has 0 aromatic carbocycles. The zero-order chi connectivity index (χ0) is 9.84. The average molecular weight is 181 g/mol. The molecule has 1 aromatic rings. The number of hydrogen-bond acceptors (Lipinski definition) is 3. The van der Waals surface area contributed by atoms with Gasteiger partial charge in [0.1, 0.15) is 0 Å². The van der Waals surface area contributed by atoms with E-state index in [0.717, 1.165) is 0 Å². The number of hydrogen-bond donors (Lipinski definition) is 2. The van der Waals surface area contributed by atoms with Gasteiger partial charge >= 0.3 is 0 Å². The third kappa shape index (κ3) is 2.62. The van der Waals surface area contributed by atoms with E-state index in [0.29, 0.717) is 5.69 Å². The van der Waals surface area contributed by atoms with Crippen LogP contribution in [-0.4, -0.2) is 10.5 Å². The van der Waals surface area contributed by atoms with Gasteiger partial charge in [-0.05, 0) is 6.07 Å². The van der Waals surface area contributed by atoms with Crippen molar-refractivity contribution in [2.45, 2.75) is 13.0 Å². The first-order valence-corrected chi connectivity index (χ1v) is 3.84. The number of nitrogens with zero attached hydrogens (tertiary/aromatic N) is 1. The molecular formula is C8H11N3O2. The van der Waals surface area contributed by atoms with Crippen LogP contribution in [0.5, 0.6) is 0 Å². The normalized spacial score (nSPS) is 9.85. The number of carbonyl (C=O) groups is 1. The Labute approximate surface area is 75.0 Å². The number of pyridine rings is 1. The molecule has 0 spiro atoms. The van der Waals surface area contributed by atoms with E-state index < -0.39 is 5.91 Å². The number of carbonyl (C=O) groups excluding carboxylic acids is 1. The fourth-order valence-electron chi connectivity index (χ4n) is 0.955. The summed E-state index contributed by atoms with van der Waals surface area (Å²) < 4.78 is 1.36. The maximum absolute atomic E-state index is 11.1. The standard InChI is InChI=1S/C8H11N3O2/c9-6-1-2-8(13)11(5-6)4-3-7(10)12/h1-2,5H,3-4,9H2,(H2,10,12). The van der Waals surface area contributed by atoms with Crippen molar-refractivity contribution in [3.05, 3.63) is 28.7 Å². The maximum Gasteiger partial charge on any atom is 0.250 e. The molecule has 0 unspecified atom stereocenters. The van der Waals surface area contributed by atoms with Gasteiger partial charge < -0.3 is 16.0 Å². The van der Waals surface area contributed by atoms with Crippen molar-refractivity contribution in [1.29, 1.82) is 0 Å². The zero-order valence-electron chi connectivity index (χ0n) is 7.06. The van der Waals surface area contributed by atoms with E-state index in [4.69, 9.17) is 11.5 Å². The van der Waals surface area contributed by atoms with Gasteiger partial charge in [0.15, 0.2) is 0 Å². The van der Waals surface area contributed by atoms with Gasteiger partial charge in [-0.2, -0.15) is 0 Å². The number of nitrogen functional groups attached to an aromatic ring is 1. The Bertz CT molecular complexity index is 370. The van der Waals surface area contributed by atoms with Crippen molar-refractivity contribution in [2.24, 2.45) is 5.73 Å². The summed E-state index contributed by atoms with van der Waals surface area (Å²) in [6, 6.07) is 2.87. The maximum atomic E-state index is 11.1. The quantitative estimate of drug-likeness (QED) is 0.646. The summed E-state index contributed by atoms with van der Waals surface area (Å²) in [5.41, 5.74) is 10.7. The molecule has 0 aliphatic heterocycles. The molecule has 0 saturated carbocycles. The van der Waals surface area contributed by atoms with Crippen LogP contribution in [0.2, 0.25) is 0 Å². The first-order chi connectivity index (χ1) is 6.09. The molecule has 1 rings (SSSR count). The van der Waals surface area contributed by atoms with E-state index in [1.165, 1.54) is 22.9 Å². The smallest absolute Gasteiger partial charge is 0.250 e. The molecule has 0 aliphatic rings. The molecule has 1 amide bonds. The Hall–Kier alpha value is -1.78. The number of rotatable bonds is 3. The van der Waals surface area contributed by atoms with Gasteiger partial charge in [-0.3, -0.25) is 9.59 Å². The van der Waals surface area contributed by atoms with Crippen molar-refractivity contribution in [3.8, 4) is 0 Å². The minimum absolute atomic E-state index is 0.142. The number of aryl methyl sites for hydroxylation is 1. The van der Waals surface area contributed by atoms with Gasteiger partial charge in [-0.15, -0.1) is 0 Å². The topological polar surface area (TPSA) is 91.1 Å². The van der Waals surface area contributed by atoms with Gasteiger partial charge in [0, 0.05) is 30.9 Å². The molecule has 0 aliphatic carbocycles. The molecule has 0 saturated heterocycles. The largest absolute Gasteiger partial charge is 0.398 e. The van der Waals surface area contributed by atoms with Crippen molar-refractivity contribution >= 4 is 11.6 Å². The number of primary amides is 1. The highest BCUT2D eigenvalue weighted by Crippen LogP contribution is 1.96. The van der Waals surface area contributed by atoms with Crippen LogP contribution < -0.4 is 17.0 Å². The lowest BCUT2D eigenvalue weighted by atomic mass is 10.3. The van der Waals surface area contributed by atoms with Gasteiger partial charge in [0.05, 0.1) is 0 Å². The molecule has 5 heteroatoms. The summed E-state index contributed by atoms with van der Waals surface area (Å²) in [4.78, 5) is 21.6. The molecule has 5 nitrogen and oxygen atoms in total. The van der Waals surface area contributed by atoms with Crippen LogP contribution in [-0.2, 0) is 11.3 Å². The van der Waals surface area contributed by atoms with E-state index in [9.17, 15) is 9.59 Å². The van der Waals surface area contributed by atoms with Crippen LogP contribution in [0.3, 0.4) is 0 Å². The lowest BCUT2D eigenvalue weighted by Crippen LogP contribution is -2.22. The van der Waals surface area contributed by atoms with Crippen LogP contribution in [0.25, 0.3) is 0 Å². The lowest BCUT2D eigenvalue weighted by molar-refractivity contribution is -0.118. The fourth-order valence-corrected chi connectivity index (χ4v) is 0.955. The number of anilines is 1. The molecule has 0 fully saturated rings. The predicted molar refractivity (Wildman–Crippen MR) is 48.9 cm³/mol. The summed E-state index contributed by atoms with van der Waals surface area (Å²) in [7, 11) is 0. The summed E-state index contributed by atoms with van der Waals surface area (Å²) in [6.07, 6.45) is 1.63. The Kier molecular flexibility index (Phi) is 2.69. The second-order valence-electron chi connectivity index (χ2n) is 2.71. The SMILES string of the molecule is NC(=O)CCn1cc(N)ccc1=O. The molecule has 4 N–H and O–H groups in total. The van der Waals surface area contributed by atoms with Crippen LogP contribution >= 0.6 is 0 Å². The van der Waals surface area contributed by atoms with Crippen molar-refractivity contribution < 1.29 is 4.79 Å². The average Bonchev–Trinajstić information content (AvgIpc) is 2.06. The first kappa shape index (κ1) is 9.31. The Morgan fingerprint density at radius 1 is 1.46 bits per heavy atom. The highest BCUT2D eigenvalue weighted by Gasteiger charge is 1.98. The van der Waals surface area contributed by atoms with E-state index in [1.54, 1.807) is 0 Å². The molecule has 0 atom stereocenters. The third-order valence-electron chi connectivity index (χ3n) is 1.61. The van der Waals surface area contributed by atoms with Crippen molar-refractivity contribution in [3.63, 3.8) is 0 Å². The molecule has 70 valence electrons. The second-order valence-corrected chi connectivity index (χ2v) is 2.71. The van der Waals surface area contributed by atoms with E-state index >= 15 is 0 Å². The Balaban J connectivity index is 2.82. The Morgan fingerprint density at radius 2 is 2.15 bits per heavy atom. The van der Waals surface area contributed by atoms with E-state index in [2.05, 4.69) is 0 Å². The van der Waals surface area contributed by atoms with Gasteiger partial charge in [0.25, 0.3) is 5.56 Å². The summed E-state index contributed by atoms with van der Waals surface area (Å²) >= 11 is 0.